The van der Waals surface area contributed by atoms with Gasteiger partial charge in [-0.3, -0.25) is 9.69 Å². The van der Waals surface area contributed by atoms with E-state index in [0.29, 0.717) is 19.5 Å². The second-order valence-corrected chi connectivity index (χ2v) is 10.2. The number of carboxylic acid groups (broad SMARTS) is 1. The lowest BCUT2D eigenvalue weighted by atomic mass is 9.79. The number of carbonyl (C=O) groups is 2. The van der Waals surface area contributed by atoms with Gasteiger partial charge < -0.3 is 14.9 Å². The summed E-state index contributed by atoms with van der Waals surface area (Å²) in [6.45, 7) is 1.70. The Hall–Kier alpha value is -3.64. The zero-order valence-corrected chi connectivity index (χ0v) is 21.8. The molecule has 1 unspecified atom stereocenters. The van der Waals surface area contributed by atoms with Crippen molar-refractivity contribution in [2.45, 2.75) is 31.3 Å². The van der Waals surface area contributed by atoms with Crippen LogP contribution >= 0.6 is 0 Å². The van der Waals surface area contributed by atoms with Crippen molar-refractivity contribution in [3.8, 4) is 0 Å². The third-order valence-corrected chi connectivity index (χ3v) is 7.67. The summed E-state index contributed by atoms with van der Waals surface area (Å²) in [7, 11) is 4.22. The third-order valence-electron chi connectivity index (χ3n) is 7.67. The van der Waals surface area contributed by atoms with Gasteiger partial charge in [0.05, 0.1) is 5.92 Å². The lowest BCUT2D eigenvalue weighted by molar-refractivity contribution is -0.138. The molecule has 1 heterocycles. The van der Waals surface area contributed by atoms with Crippen LogP contribution in [0.3, 0.4) is 0 Å². The molecule has 0 saturated carbocycles. The summed E-state index contributed by atoms with van der Waals surface area (Å²) in [6, 6.07) is 29.9. The summed E-state index contributed by atoms with van der Waals surface area (Å²) in [5.41, 5.74) is 3.10. The fourth-order valence-electron chi connectivity index (χ4n) is 5.51. The van der Waals surface area contributed by atoms with Gasteiger partial charge in [0, 0.05) is 31.7 Å². The summed E-state index contributed by atoms with van der Waals surface area (Å²) in [5.74, 6) is -0.422. The lowest BCUT2D eigenvalue weighted by Gasteiger charge is -2.47. The molecule has 194 valence electrons. The minimum Gasteiger partial charge on any atom is -0.465 e. The summed E-state index contributed by atoms with van der Waals surface area (Å²) >= 11 is 0. The van der Waals surface area contributed by atoms with Gasteiger partial charge in [0.15, 0.2) is 0 Å². The average Bonchev–Trinajstić information content (AvgIpc) is 2.93. The first kappa shape index (κ1) is 26.4. The summed E-state index contributed by atoms with van der Waals surface area (Å²) < 4.78 is 0. The highest BCUT2D eigenvalue weighted by Crippen LogP contribution is 2.37. The average molecular weight is 500 g/mol. The molecule has 0 spiro atoms. The number of hydrogen-bond acceptors (Lipinski definition) is 3. The van der Waals surface area contributed by atoms with Crippen LogP contribution in [0.2, 0.25) is 0 Å². The van der Waals surface area contributed by atoms with Crippen LogP contribution in [0.15, 0.2) is 91.0 Å². The van der Waals surface area contributed by atoms with Gasteiger partial charge in [-0.15, -0.1) is 0 Å². The molecule has 6 heteroatoms. The van der Waals surface area contributed by atoms with Crippen LogP contribution < -0.4 is 0 Å². The highest BCUT2D eigenvalue weighted by Gasteiger charge is 2.40. The van der Waals surface area contributed by atoms with E-state index in [1.807, 2.05) is 71.6 Å². The molecule has 4 rings (SSSR count). The second kappa shape index (κ2) is 12.1. The molecule has 1 aliphatic rings. The van der Waals surface area contributed by atoms with Gasteiger partial charge in [-0.1, -0.05) is 91.0 Å². The first-order valence-corrected chi connectivity index (χ1v) is 13.0. The highest BCUT2D eigenvalue weighted by molar-refractivity contribution is 5.80. The number of nitrogens with zero attached hydrogens (tertiary/aromatic N) is 3. The van der Waals surface area contributed by atoms with E-state index in [4.69, 9.17) is 0 Å². The summed E-state index contributed by atoms with van der Waals surface area (Å²) in [4.78, 5) is 31.7. The third kappa shape index (κ3) is 6.38. The number of likely N-dealkylation sites (tertiary alicyclic amines) is 1. The van der Waals surface area contributed by atoms with Gasteiger partial charge >= 0.3 is 6.09 Å². The highest BCUT2D eigenvalue weighted by atomic mass is 16.4. The molecule has 1 fully saturated rings. The van der Waals surface area contributed by atoms with Crippen LogP contribution in [0.25, 0.3) is 0 Å². The molecular weight excluding hydrogens is 462 g/mol. The fraction of sp³-hybridized carbons (Fsp3) is 0.355. The van der Waals surface area contributed by atoms with Crippen LogP contribution in [0.1, 0.15) is 29.5 Å². The summed E-state index contributed by atoms with van der Waals surface area (Å²) in [5, 5.41) is 9.99. The Labute approximate surface area is 220 Å². The van der Waals surface area contributed by atoms with Crippen molar-refractivity contribution in [1.29, 1.82) is 0 Å². The molecule has 3 aromatic rings. The Morgan fingerprint density at radius 2 is 1.35 bits per heavy atom. The molecule has 1 atom stereocenters. The lowest BCUT2D eigenvalue weighted by Crippen LogP contribution is -2.53. The first-order valence-electron chi connectivity index (χ1n) is 13.0. The van der Waals surface area contributed by atoms with E-state index in [0.717, 1.165) is 24.0 Å². The maximum absolute atomic E-state index is 13.9. The van der Waals surface area contributed by atoms with Crippen LogP contribution in [-0.4, -0.2) is 65.5 Å². The van der Waals surface area contributed by atoms with Crippen molar-refractivity contribution in [1.82, 2.24) is 14.7 Å². The van der Waals surface area contributed by atoms with Crippen molar-refractivity contribution in [2.24, 2.45) is 5.92 Å². The molecule has 37 heavy (non-hydrogen) atoms. The molecule has 1 aliphatic heterocycles. The van der Waals surface area contributed by atoms with Gasteiger partial charge in [0.25, 0.3) is 0 Å². The van der Waals surface area contributed by atoms with E-state index < -0.39 is 12.0 Å². The van der Waals surface area contributed by atoms with Gasteiger partial charge in [-0.25, -0.2) is 4.79 Å². The summed E-state index contributed by atoms with van der Waals surface area (Å²) in [6.07, 6.45) is 1.16. The number of piperidine rings is 1. The van der Waals surface area contributed by atoms with E-state index in [1.165, 1.54) is 10.5 Å². The van der Waals surface area contributed by atoms with E-state index in [1.54, 1.807) is 0 Å². The number of amides is 2. The maximum Gasteiger partial charge on any atom is 0.407 e. The topological polar surface area (TPSA) is 64.1 Å². The number of benzene rings is 3. The normalized spacial score (nSPS) is 15.8. The minimum absolute atomic E-state index is 0.0311. The van der Waals surface area contributed by atoms with Gasteiger partial charge in [-0.2, -0.15) is 0 Å². The van der Waals surface area contributed by atoms with Gasteiger partial charge in [-0.05, 0) is 50.0 Å². The largest absolute Gasteiger partial charge is 0.465 e. The molecule has 0 aliphatic carbocycles. The first-order chi connectivity index (χ1) is 17.9. The quantitative estimate of drug-likeness (QED) is 0.445. The second-order valence-electron chi connectivity index (χ2n) is 10.2. The predicted molar refractivity (Wildman–Crippen MR) is 146 cm³/mol. The molecule has 6 nitrogen and oxygen atoms in total. The smallest absolute Gasteiger partial charge is 0.407 e. The van der Waals surface area contributed by atoms with E-state index >= 15 is 0 Å². The molecule has 0 radical (unpaired) electrons. The van der Waals surface area contributed by atoms with Crippen LogP contribution in [-0.2, 0) is 23.3 Å². The molecular formula is C31H37N3O3. The van der Waals surface area contributed by atoms with Gasteiger partial charge in [0.2, 0.25) is 5.91 Å². The predicted octanol–water partition coefficient (Wildman–Crippen LogP) is 5.11. The Kier molecular flexibility index (Phi) is 8.62. The van der Waals surface area contributed by atoms with Crippen LogP contribution in [0.4, 0.5) is 4.79 Å². The van der Waals surface area contributed by atoms with Crippen molar-refractivity contribution in [3.05, 3.63) is 108 Å². The fourth-order valence-corrected chi connectivity index (χ4v) is 5.51. The van der Waals surface area contributed by atoms with Crippen LogP contribution in [0, 0.1) is 5.92 Å². The standard InChI is InChI=1S/C31H37N3O3/c1-32(2)31(28-16-10-5-11-17-28)18-20-33(21-19-31)29(35)27(22-25-12-6-3-7-13-25)24-34(30(36)37)23-26-14-8-4-9-15-26/h3-17,27H,18-24H2,1-2H3,(H,36,37). The molecule has 1 N–H and O–H groups in total. The van der Waals surface area contributed by atoms with Gasteiger partial charge in [0.1, 0.15) is 0 Å². The molecule has 3 aromatic carbocycles. The Balaban J connectivity index is 1.53. The molecule has 0 bridgehead atoms. The van der Waals surface area contributed by atoms with E-state index in [9.17, 15) is 14.7 Å². The van der Waals surface area contributed by atoms with E-state index in [2.05, 4.69) is 43.3 Å². The zero-order chi connectivity index (χ0) is 26.3. The Morgan fingerprint density at radius 3 is 1.86 bits per heavy atom. The van der Waals surface area contributed by atoms with E-state index in [-0.39, 0.29) is 24.5 Å². The van der Waals surface area contributed by atoms with Crippen molar-refractivity contribution in [2.75, 3.05) is 33.7 Å². The number of carbonyl (C=O) groups excluding carboxylic acids is 1. The number of rotatable bonds is 9. The zero-order valence-electron chi connectivity index (χ0n) is 21.8. The SMILES string of the molecule is CN(C)C1(c2ccccc2)CCN(C(=O)C(Cc2ccccc2)CN(Cc2ccccc2)C(=O)O)CC1. The molecule has 1 saturated heterocycles. The molecule has 2 amide bonds. The van der Waals surface area contributed by atoms with Crippen LogP contribution in [0.5, 0.6) is 0 Å². The Bertz CT molecular complexity index is 1140. The number of hydrogen-bond donors (Lipinski definition) is 1. The maximum atomic E-state index is 13.9. The monoisotopic (exact) mass is 499 g/mol. The van der Waals surface area contributed by atoms with Crippen molar-refractivity contribution in [3.63, 3.8) is 0 Å². The van der Waals surface area contributed by atoms with Crippen molar-refractivity contribution < 1.29 is 14.7 Å². The Morgan fingerprint density at radius 1 is 0.838 bits per heavy atom. The van der Waals surface area contributed by atoms with Crippen molar-refractivity contribution >= 4 is 12.0 Å². The molecule has 0 aromatic heterocycles. The minimum atomic E-state index is -1.01.